The van der Waals surface area contributed by atoms with Crippen LogP contribution in [0.1, 0.15) is 22.8 Å². The van der Waals surface area contributed by atoms with Crippen molar-refractivity contribution in [2.24, 2.45) is 0 Å². The largest absolute Gasteiger partial charge is 0.487 e. The highest BCUT2D eigenvalue weighted by atomic mass is 35.5. The summed E-state index contributed by atoms with van der Waals surface area (Å²) in [7, 11) is 0. The van der Waals surface area contributed by atoms with Crippen molar-refractivity contribution in [3.8, 4) is 5.75 Å². The summed E-state index contributed by atoms with van der Waals surface area (Å²) >= 11 is 17.8. The molecule has 0 fully saturated rings. The predicted octanol–water partition coefficient (Wildman–Crippen LogP) is 5.43. The summed E-state index contributed by atoms with van der Waals surface area (Å²) in [4.78, 5) is 11.2. The van der Waals surface area contributed by atoms with Crippen LogP contribution in [-0.2, 0) is 6.61 Å². The van der Waals surface area contributed by atoms with Gasteiger partial charge < -0.3 is 4.74 Å². The van der Waals surface area contributed by atoms with Crippen LogP contribution < -0.4 is 4.74 Å². The lowest BCUT2D eigenvalue weighted by Crippen LogP contribution is -1.98. The molecule has 2 aromatic rings. The first-order valence-electron chi connectivity index (χ1n) is 5.84. The highest BCUT2D eigenvalue weighted by Crippen LogP contribution is 2.28. The molecular weight excluding hydrogens is 319 g/mol. The van der Waals surface area contributed by atoms with Gasteiger partial charge >= 0.3 is 0 Å². The molecule has 104 valence electrons. The summed E-state index contributed by atoms with van der Waals surface area (Å²) in [5, 5.41) is 1.38. The zero-order valence-corrected chi connectivity index (χ0v) is 12.9. The van der Waals surface area contributed by atoms with E-state index in [0.717, 1.165) is 5.56 Å². The molecule has 0 aliphatic carbocycles. The Bertz CT molecular complexity index is 654. The normalized spacial score (nSPS) is 10.4. The summed E-state index contributed by atoms with van der Waals surface area (Å²) in [5.74, 6) is 0.477. The summed E-state index contributed by atoms with van der Waals surface area (Å²) < 4.78 is 5.61. The molecule has 2 nitrogen and oxygen atoms in total. The molecule has 0 atom stereocenters. The van der Waals surface area contributed by atoms with Crippen molar-refractivity contribution in [2.75, 3.05) is 0 Å². The second-order valence-electron chi connectivity index (χ2n) is 4.24. The number of carbonyl (C=O) groups is 1. The van der Waals surface area contributed by atoms with E-state index in [1.807, 2.05) is 6.07 Å². The fraction of sp³-hybridized carbons (Fsp3) is 0.133. The lowest BCUT2D eigenvalue weighted by Gasteiger charge is -2.09. The van der Waals surface area contributed by atoms with Crippen LogP contribution in [0.2, 0.25) is 15.1 Å². The minimum atomic E-state index is -0.0390. The molecule has 0 heterocycles. The van der Waals surface area contributed by atoms with Crippen molar-refractivity contribution < 1.29 is 9.53 Å². The van der Waals surface area contributed by atoms with Crippen molar-refractivity contribution in [3.63, 3.8) is 0 Å². The average molecular weight is 330 g/mol. The van der Waals surface area contributed by atoms with Gasteiger partial charge in [-0.05, 0) is 42.8 Å². The van der Waals surface area contributed by atoms with Gasteiger partial charge in [0.05, 0.1) is 15.1 Å². The molecule has 0 saturated heterocycles. The Kier molecular flexibility index (Phi) is 4.92. The number of ketones is 1. The molecule has 2 aromatic carbocycles. The number of Topliss-reactive ketones (excluding diaryl/α,β-unsaturated/α-hetero) is 1. The third-order valence-corrected chi connectivity index (χ3v) is 3.75. The van der Waals surface area contributed by atoms with Crippen molar-refractivity contribution in [1.29, 1.82) is 0 Å². The Morgan fingerprint density at radius 3 is 2.35 bits per heavy atom. The van der Waals surface area contributed by atoms with E-state index >= 15 is 0 Å². The van der Waals surface area contributed by atoms with Crippen LogP contribution in [0.25, 0.3) is 0 Å². The Labute approximate surface area is 132 Å². The van der Waals surface area contributed by atoms with Gasteiger partial charge in [0.1, 0.15) is 12.4 Å². The smallest absolute Gasteiger partial charge is 0.159 e. The molecule has 20 heavy (non-hydrogen) atoms. The molecule has 0 amide bonds. The molecule has 0 saturated carbocycles. The highest BCUT2D eigenvalue weighted by molar-refractivity contribution is 6.42. The van der Waals surface area contributed by atoms with Crippen molar-refractivity contribution in [3.05, 3.63) is 62.6 Å². The van der Waals surface area contributed by atoms with Crippen LogP contribution in [0.3, 0.4) is 0 Å². The van der Waals surface area contributed by atoms with Gasteiger partial charge in [-0.2, -0.15) is 0 Å². The van der Waals surface area contributed by atoms with E-state index in [1.54, 1.807) is 30.3 Å². The Balaban J connectivity index is 2.10. The monoisotopic (exact) mass is 328 g/mol. The van der Waals surface area contributed by atoms with Crippen molar-refractivity contribution in [2.45, 2.75) is 13.5 Å². The minimum Gasteiger partial charge on any atom is -0.487 e. The van der Waals surface area contributed by atoms with E-state index in [4.69, 9.17) is 39.5 Å². The lowest BCUT2D eigenvalue weighted by molar-refractivity contribution is 0.101. The van der Waals surface area contributed by atoms with Gasteiger partial charge in [0, 0.05) is 5.56 Å². The maximum absolute atomic E-state index is 11.2. The van der Waals surface area contributed by atoms with Gasteiger partial charge in [-0.25, -0.2) is 0 Å². The number of benzene rings is 2. The quantitative estimate of drug-likeness (QED) is 0.699. The number of ether oxygens (including phenoxy) is 1. The molecule has 0 aromatic heterocycles. The third kappa shape index (κ3) is 3.66. The Hall–Kier alpha value is -1.22. The van der Waals surface area contributed by atoms with Crippen molar-refractivity contribution >= 4 is 40.6 Å². The van der Waals surface area contributed by atoms with Crippen molar-refractivity contribution in [1.82, 2.24) is 0 Å². The van der Waals surface area contributed by atoms with Crippen LogP contribution in [-0.4, -0.2) is 5.78 Å². The van der Waals surface area contributed by atoms with Gasteiger partial charge in [0.25, 0.3) is 0 Å². The summed E-state index contributed by atoms with van der Waals surface area (Å²) in [6.07, 6.45) is 0. The first-order valence-corrected chi connectivity index (χ1v) is 6.98. The van der Waals surface area contributed by atoms with Gasteiger partial charge in [-0.1, -0.05) is 40.9 Å². The maximum atomic E-state index is 11.2. The molecule has 0 aliphatic rings. The molecule has 0 unspecified atom stereocenters. The molecule has 0 aliphatic heterocycles. The summed E-state index contributed by atoms with van der Waals surface area (Å²) in [5.41, 5.74) is 1.43. The van der Waals surface area contributed by atoms with E-state index < -0.39 is 0 Å². The fourth-order valence-corrected chi connectivity index (χ4v) is 2.18. The lowest BCUT2D eigenvalue weighted by atomic mass is 10.1. The van der Waals surface area contributed by atoms with Crippen LogP contribution in [0.5, 0.6) is 5.75 Å². The first kappa shape index (κ1) is 15.2. The molecule has 0 radical (unpaired) electrons. The second kappa shape index (κ2) is 6.49. The van der Waals surface area contributed by atoms with Crippen LogP contribution in [0, 0.1) is 0 Å². The van der Waals surface area contributed by atoms with Crippen LogP contribution >= 0.6 is 34.8 Å². The number of hydrogen-bond donors (Lipinski definition) is 0. The number of hydrogen-bond acceptors (Lipinski definition) is 2. The number of carbonyl (C=O) groups excluding carboxylic acids is 1. The van der Waals surface area contributed by atoms with Gasteiger partial charge in [-0.15, -0.1) is 0 Å². The number of rotatable bonds is 4. The molecule has 2 rings (SSSR count). The standard InChI is InChI=1S/C15H11Cl3O2/c1-9(19)11-3-5-15(14(18)7-11)20-8-10-2-4-12(16)13(17)6-10/h2-7H,8H2,1H3. The average Bonchev–Trinajstić information content (AvgIpc) is 2.41. The van der Waals surface area contributed by atoms with E-state index in [1.165, 1.54) is 6.92 Å². The fourth-order valence-electron chi connectivity index (χ4n) is 1.63. The zero-order valence-electron chi connectivity index (χ0n) is 10.6. The second-order valence-corrected chi connectivity index (χ2v) is 5.46. The minimum absolute atomic E-state index is 0.0390. The van der Waals surface area contributed by atoms with Crippen LogP contribution in [0.15, 0.2) is 36.4 Å². The molecule has 5 heteroatoms. The summed E-state index contributed by atoms with van der Waals surface area (Å²) in [6.45, 7) is 1.80. The molecule has 0 N–H and O–H groups in total. The Morgan fingerprint density at radius 1 is 1.00 bits per heavy atom. The summed E-state index contributed by atoms with van der Waals surface area (Å²) in [6, 6.07) is 10.2. The van der Waals surface area contributed by atoms with E-state index in [-0.39, 0.29) is 5.78 Å². The number of halogens is 3. The molecule has 0 spiro atoms. The van der Waals surface area contributed by atoms with E-state index in [2.05, 4.69) is 0 Å². The van der Waals surface area contributed by atoms with Gasteiger partial charge in [0.2, 0.25) is 0 Å². The van der Waals surface area contributed by atoms with Gasteiger partial charge in [-0.3, -0.25) is 4.79 Å². The third-order valence-electron chi connectivity index (χ3n) is 2.72. The molecule has 0 bridgehead atoms. The topological polar surface area (TPSA) is 26.3 Å². The van der Waals surface area contributed by atoms with Crippen LogP contribution in [0.4, 0.5) is 0 Å². The Morgan fingerprint density at radius 2 is 1.75 bits per heavy atom. The first-order chi connectivity index (χ1) is 9.47. The van der Waals surface area contributed by atoms with E-state index in [9.17, 15) is 4.79 Å². The van der Waals surface area contributed by atoms with E-state index in [0.29, 0.717) is 33.0 Å². The molecular formula is C15H11Cl3O2. The SMILES string of the molecule is CC(=O)c1ccc(OCc2ccc(Cl)c(Cl)c2)c(Cl)c1. The zero-order chi connectivity index (χ0) is 14.7. The van der Waals surface area contributed by atoms with Gasteiger partial charge in [0.15, 0.2) is 5.78 Å². The maximum Gasteiger partial charge on any atom is 0.159 e. The highest BCUT2D eigenvalue weighted by Gasteiger charge is 2.07. The predicted molar refractivity (Wildman–Crippen MR) is 82.3 cm³/mol.